The van der Waals surface area contributed by atoms with Gasteiger partial charge in [-0.1, -0.05) is 30.3 Å². The Labute approximate surface area is 163 Å². The third-order valence-corrected chi connectivity index (χ3v) is 4.50. The first-order valence-electron chi connectivity index (χ1n) is 9.17. The standard InChI is InChI=1S/C21H23N3O4/c1-15-6-2-3-9-18(15)28-14-19(25)22-23-21(27)17-8-4-7-16(12-17)13-24-11-5-10-20(24)26/h2-4,6-9,12H,5,10-11,13-14H2,1H3,(H,22,25)(H,23,27). The van der Waals surface area contributed by atoms with Crippen molar-refractivity contribution in [3.8, 4) is 5.75 Å². The normalized spacial score (nSPS) is 13.3. The highest BCUT2D eigenvalue weighted by Gasteiger charge is 2.20. The summed E-state index contributed by atoms with van der Waals surface area (Å²) in [5.74, 6) is -0.141. The smallest absolute Gasteiger partial charge is 0.276 e. The van der Waals surface area contributed by atoms with Crippen LogP contribution in [0.2, 0.25) is 0 Å². The number of carbonyl (C=O) groups is 3. The second-order valence-corrected chi connectivity index (χ2v) is 6.68. The topological polar surface area (TPSA) is 87.7 Å². The van der Waals surface area contributed by atoms with Crippen LogP contribution in [0.4, 0.5) is 0 Å². The molecule has 3 rings (SSSR count). The summed E-state index contributed by atoms with van der Waals surface area (Å²) in [6, 6.07) is 14.4. The summed E-state index contributed by atoms with van der Waals surface area (Å²) < 4.78 is 5.44. The van der Waals surface area contributed by atoms with Crippen LogP contribution in [0.5, 0.6) is 5.75 Å². The predicted octanol–water partition coefficient (Wildman–Crippen LogP) is 1.96. The van der Waals surface area contributed by atoms with Crippen LogP contribution in [0, 0.1) is 6.92 Å². The number of ether oxygens (including phenoxy) is 1. The molecule has 0 unspecified atom stereocenters. The Balaban J connectivity index is 1.49. The maximum absolute atomic E-state index is 12.3. The Morgan fingerprint density at radius 3 is 2.68 bits per heavy atom. The molecule has 0 aromatic heterocycles. The second kappa shape index (κ2) is 9.03. The zero-order chi connectivity index (χ0) is 19.9. The highest BCUT2D eigenvalue weighted by molar-refractivity contribution is 5.95. The molecule has 3 amide bonds. The highest BCUT2D eigenvalue weighted by Crippen LogP contribution is 2.16. The number of hydrogen-bond acceptors (Lipinski definition) is 4. The molecular weight excluding hydrogens is 358 g/mol. The SMILES string of the molecule is Cc1ccccc1OCC(=O)NNC(=O)c1cccc(CN2CCCC2=O)c1. The summed E-state index contributed by atoms with van der Waals surface area (Å²) in [4.78, 5) is 37.7. The molecule has 7 heteroatoms. The number of hydrazine groups is 1. The number of rotatable bonds is 6. The monoisotopic (exact) mass is 381 g/mol. The molecule has 1 fully saturated rings. The lowest BCUT2D eigenvalue weighted by Crippen LogP contribution is -2.43. The summed E-state index contributed by atoms with van der Waals surface area (Å²) in [5, 5.41) is 0. The molecule has 0 aliphatic carbocycles. The third kappa shape index (κ3) is 5.09. The number of likely N-dealkylation sites (tertiary alicyclic amines) is 1. The average Bonchev–Trinajstić information content (AvgIpc) is 3.10. The fourth-order valence-electron chi connectivity index (χ4n) is 3.00. The Morgan fingerprint density at radius 1 is 1.11 bits per heavy atom. The van der Waals surface area contributed by atoms with Gasteiger partial charge in [0.25, 0.3) is 11.8 Å². The molecule has 1 saturated heterocycles. The summed E-state index contributed by atoms with van der Waals surface area (Å²) in [5.41, 5.74) is 6.93. The second-order valence-electron chi connectivity index (χ2n) is 6.68. The molecule has 0 radical (unpaired) electrons. The minimum Gasteiger partial charge on any atom is -0.483 e. The maximum Gasteiger partial charge on any atom is 0.276 e. The zero-order valence-corrected chi connectivity index (χ0v) is 15.7. The van der Waals surface area contributed by atoms with Gasteiger partial charge in [0.15, 0.2) is 6.61 Å². The van der Waals surface area contributed by atoms with Crippen LogP contribution in [-0.2, 0) is 16.1 Å². The van der Waals surface area contributed by atoms with Gasteiger partial charge in [-0.2, -0.15) is 0 Å². The number of carbonyl (C=O) groups excluding carboxylic acids is 3. The van der Waals surface area contributed by atoms with Gasteiger partial charge in [0.1, 0.15) is 5.75 Å². The van der Waals surface area contributed by atoms with Crippen LogP contribution in [-0.4, -0.2) is 35.8 Å². The quantitative estimate of drug-likeness (QED) is 0.749. The number of amides is 3. The van der Waals surface area contributed by atoms with Crippen molar-refractivity contribution in [1.29, 1.82) is 0 Å². The van der Waals surface area contributed by atoms with E-state index in [-0.39, 0.29) is 12.5 Å². The van der Waals surface area contributed by atoms with Gasteiger partial charge < -0.3 is 9.64 Å². The van der Waals surface area contributed by atoms with Crippen LogP contribution in [0.3, 0.4) is 0 Å². The number of para-hydroxylation sites is 1. The molecular formula is C21H23N3O4. The van der Waals surface area contributed by atoms with Crippen molar-refractivity contribution < 1.29 is 19.1 Å². The summed E-state index contributed by atoms with van der Waals surface area (Å²) in [7, 11) is 0. The van der Waals surface area contributed by atoms with Gasteiger partial charge in [0.2, 0.25) is 5.91 Å². The van der Waals surface area contributed by atoms with E-state index >= 15 is 0 Å². The van der Waals surface area contributed by atoms with Crippen molar-refractivity contribution in [3.63, 3.8) is 0 Å². The van der Waals surface area contributed by atoms with E-state index in [1.54, 1.807) is 29.2 Å². The van der Waals surface area contributed by atoms with Crippen molar-refractivity contribution in [1.82, 2.24) is 15.8 Å². The van der Waals surface area contributed by atoms with Gasteiger partial charge in [0, 0.05) is 25.1 Å². The molecule has 1 aliphatic heterocycles. The minimum absolute atomic E-state index is 0.135. The molecule has 0 atom stereocenters. The van der Waals surface area contributed by atoms with Gasteiger partial charge in [-0.25, -0.2) is 0 Å². The van der Waals surface area contributed by atoms with Crippen LogP contribution >= 0.6 is 0 Å². The van der Waals surface area contributed by atoms with Crippen molar-refractivity contribution >= 4 is 17.7 Å². The lowest BCUT2D eigenvalue weighted by atomic mass is 10.1. The molecule has 2 aromatic carbocycles. The van der Waals surface area contributed by atoms with E-state index in [0.717, 1.165) is 24.1 Å². The van der Waals surface area contributed by atoms with Gasteiger partial charge >= 0.3 is 0 Å². The number of benzene rings is 2. The minimum atomic E-state index is -0.463. The van der Waals surface area contributed by atoms with Crippen LogP contribution in [0.1, 0.15) is 34.3 Å². The summed E-state index contributed by atoms with van der Waals surface area (Å²) in [6.07, 6.45) is 1.45. The van der Waals surface area contributed by atoms with E-state index < -0.39 is 11.8 Å². The molecule has 1 aliphatic rings. The van der Waals surface area contributed by atoms with Crippen molar-refractivity contribution in [2.24, 2.45) is 0 Å². The largest absolute Gasteiger partial charge is 0.483 e. The van der Waals surface area contributed by atoms with Crippen molar-refractivity contribution in [2.75, 3.05) is 13.2 Å². The predicted molar refractivity (Wildman–Crippen MR) is 103 cm³/mol. The molecule has 0 saturated carbocycles. The summed E-state index contributed by atoms with van der Waals surface area (Å²) >= 11 is 0. The molecule has 146 valence electrons. The van der Waals surface area contributed by atoms with E-state index in [1.165, 1.54) is 0 Å². The van der Waals surface area contributed by atoms with Gasteiger partial charge in [0.05, 0.1) is 0 Å². The summed E-state index contributed by atoms with van der Waals surface area (Å²) in [6.45, 7) is 2.91. The van der Waals surface area contributed by atoms with Crippen LogP contribution in [0.15, 0.2) is 48.5 Å². The zero-order valence-electron chi connectivity index (χ0n) is 15.7. The number of hydrogen-bond donors (Lipinski definition) is 2. The Hall–Kier alpha value is -3.35. The first-order valence-corrected chi connectivity index (χ1v) is 9.17. The number of nitrogens with one attached hydrogen (secondary N) is 2. The number of aryl methyl sites for hydroxylation is 1. The van der Waals surface area contributed by atoms with E-state index in [2.05, 4.69) is 10.9 Å². The van der Waals surface area contributed by atoms with Gasteiger partial charge in [-0.05, 0) is 42.7 Å². The van der Waals surface area contributed by atoms with Crippen molar-refractivity contribution in [3.05, 3.63) is 65.2 Å². The molecule has 2 aromatic rings. The number of nitrogens with zero attached hydrogens (tertiary/aromatic N) is 1. The Bertz CT molecular complexity index is 881. The maximum atomic E-state index is 12.3. The molecule has 28 heavy (non-hydrogen) atoms. The average molecular weight is 381 g/mol. The van der Waals surface area contributed by atoms with E-state index in [1.807, 2.05) is 31.2 Å². The first-order chi connectivity index (χ1) is 13.5. The highest BCUT2D eigenvalue weighted by atomic mass is 16.5. The van der Waals surface area contributed by atoms with E-state index in [0.29, 0.717) is 24.3 Å². The Morgan fingerprint density at radius 2 is 1.93 bits per heavy atom. The van der Waals surface area contributed by atoms with Crippen LogP contribution in [0.25, 0.3) is 0 Å². The van der Waals surface area contributed by atoms with Crippen LogP contribution < -0.4 is 15.6 Å². The first kappa shape index (κ1) is 19.4. The fourth-order valence-corrected chi connectivity index (χ4v) is 3.00. The Kier molecular flexibility index (Phi) is 6.26. The molecule has 0 spiro atoms. The lowest BCUT2D eigenvalue weighted by Gasteiger charge is -2.16. The van der Waals surface area contributed by atoms with Gasteiger partial charge in [-0.3, -0.25) is 25.2 Å². The van der Waals surface area contributed by atoms with Gasteiger partial charge in [-0.15, -0.1) is 0 Å². The molecule has 1 heterocycles. The van der Waals surface area contributed by atoms with Crippen molar-refractivity contribution in [2.45, 2.75) is 26.3 Å². The molecule has 7 nitrogen and oxygen atoms in total. The van der Waals surface area contributed by atoms with E-state index in [9.17, 15) is 14.4 Å². The third-order valence-electron chi connectivity index (χ3n) is 4.50. The fraction of sp³-hybridized carbons (Fsp3) is 0.286. The lowest BCUT2D eigenvalue weighted by molar-refractivity contribution is -0.128. The van der Waals surface area contributed by atoms with E-state index in [4.69, 9.17) is 4.74 Å². The molecule has 2 N–H and O–H groups in total. The molecule has 0 bridgehead atoms.